The lowest BCUT2D eigenvalue weighted by atomic mass is 10.1. The lowest BCUT2D eigenvalue weighted by Gasteiger charge is -2.13. The fourth-order valence-electron chi connectivity index (χ4n) is 2.80. The van der Waals surface area contributed by atoms with Crippen LogP contribution < -0.4 is 10.1 Å². The van der Waals surface area contributed by atoms with E-state index in [0.29, 0.717) is 31.1 Å². The number of carbonyl (C=O) groups is 1. The number of hydrogen-bond donors (Lipinski definition) is 1. The first-order valence-corrected chi connectivity index (χ1v) is 9.18. The highest BCUT2D eigenvalue weighted by atomic mass is 16.5. The molecule has 0 fully saturated rings. The number of hydrogen-bond acceptors (Lipinski definition) is 4. The molecule has 0 aliphatic rings. The van der Waals surface area contributed by atoms with Crippen molar-refractivity contribution < 1.29 is 13.9 Å². The second-order valence-electron chi connectivity index (χ2n) is 6.28. The number of amides is 1. The van der Waals surface area contributed by atoms with Crippen LogP contribution >= 0.6 is 0 Å². The van der Waals surface area contributed by atoms with Gasteiger partial charge in [-0.1, -0.05) is 30.3 Å². The Hall–Kier alpha value is -3.08. The monoisotopic (exact) mass is 364 g/mol. The molecule has 2 aromatic carbocycles. The number of ether oxygens (including phenoxy) is 1. The van der Waals surface area contributed by atoms with E-state index in [1.54, 1.807) is 6.20 Å². The topological polar surface area (TPSA) is 64.4 Å². The molecular weight excluding hydrogens is 340 g/mol. The number of nitrogens with zero attached hydrogens (tertiary/aromatic N) is 1. The number of benzene rings is 2. The molecule has 0 bridgehead atoms. The summed E-state index contributed by atoms with van der Waals surface area (Å²) in [5, 5.41) is 3.00. The summed E-state index contributed by atoms with van der Waals surface area (Å²) < 4.78 is 11.2. The minimum atomic E-state index is -0.0253. The average molecular weight is 364 g/mol. The van der Waals surface area contributed by atoms with Crippen molar-refractivity contribution >= 4 is 5.91 Å². The van der Waals surface area contributed by atoms with E-state index < -0.39 is 0 Å². The Morgan fingerprint density at radius 2 is 1.89 bits per heavy atom. The molecule has 0 saturated carbocycles. The summed E-state index contributed by atoms with van der Waals surface area (Å²) in [6, 6.07) is 17.5. The molecule has 0 spiro atoms. The minimum absolute atomic E-state index is 0.0211. The summed E-state index contributed by atoms with van der Waals surface area (Å²) in [5.74, 6) is 2.05. The molecule has 1 N–H and O–H groups in total. The van der Waals surface area contributed by atoms with Crippen LogP contribution in [0.5, 0.6) is 5.75 Å². The van der Waals surface area contributed by atoms with E-state index in [4.69, 9.17) is 9.15 Å². The largest absolute Gasteiger partial charge is 0.494 e. The van der Waals surface area contributed by atoms with E-state index in [2.05, 4.69) is 10.3 Å². The van der Waals surface area contributed by atoms with Crippen LogP contribution in [0.3, 0.4) is 0 Å². The van der Waals surface area contributed by atoms with Crippen LogP contribution in [-0.4, -0.2) is 17.5 Å². The van der Waals surface area contributed by atoms with Gasteiger partial charge in [0.05, 0.1) is 18.8 Å². The van der Waals surface area contributed by atoms with Gasteiger partial charge in [0, 0.05) is 18.4 Å². The maximum absolute atomic E-state index is 12.2. The zero-order valence-electron chi connectivity index (χ0n) is 15.6. The van der Waals surface area contributed by atoms with Gasteiger partial charge in [0.2, 0.25) is 5.91 Å². The Labute approximate surface area is 159 Å². The number of rotatable bonds is 8. The fourth-order valence-corrected chi connectivity index (χ4v) is 2.80. The number of aromatic nitrogens is 1. The molecule has 27 heavy (non-hydrogen) atoms. The van der Waals surface area contributed by atoms with Crippen LogP contribution in [0, 0.1) is 0 Å². The smallest absolute Gasteiger partial charge is 0.220 e. The van der Waals surface area contributed by atoms with Gasteiger partial charge in [-0.25, -0.2) is 4.98 Å². The van der Waals surface area contributed by atoms with Crippen molar-refractivity contribution in [1.82, 2.24) is 10.3 Å². The average Bonchev–Trinajstić information content (AvgIpc) is 3.17. The molecule has 1 amide bonds. The van der Waals surface area contributed by atoms with E-state index in [9.17, 15) is 4.79 Å². The van der Waals surface area contributed by atoms with Crippen LogP contribution in [0.25, 0.3) is 11.3 Å². The first-order valence-electron chi connectivity index (χ1n) is 9.18. The van der Waals surface area contributed by atoms with E-state index in [0.717, 1.165) is 16.9 Å². The van der Waals surface area contributed by atoms with Crippen LogP contribution in [0.15, 0.2) is 65.2 Å². The quantitative estimate of drug-likeness (QED) is 0.637. The van der Waals surface area contributed by atoms with Gasteiger partial charge in [0.1, 0.15) is 5.75 Å². The molecule has 5 nitrogen and oxygen atoms in total. The summed E-state index contributed by atoms with van der Waals surface area (Å²) >= 11 is 0. The lowest BCUT2D eigenvalue weighted by molar-refractivity contribution is -0.121. The van der Waals surface area contributed by atoms with Gasteiger partial charge < -0.3 is 14.5 Å². The molecule has 3 rings (SSSR count). The Morgan fingerprint density at radius 1 is 1.15 bits per heavy atom. The zero-order valence-corrected chi connectivity index (χ0v) is 15.6. The third-order valence-corrected chi connectivity index (χ3v) is 4.25. The van der Waals surface area contributed by atoms with Crippen LogP contribution in [-0.2, 0) is 11.2 Å². The highest BCUT2D eigenvalue weighted by Crippen LogP contribution is 2.23. The van der Waals surface area contributed by atoms with Gasteiger partial charge in [-0.05, 0) is 43.7 Å². The first kappa shape index (κ1) is 18.7. The lowest BCUT2D eigenvalue weighted by Crippen LogP contribution is -2.26. The summed E-state index contributed by atoms with van der Waals surface area (Å²) in [7, 11) is 0. The minimum Gasteiger partial charge on any atom is -0.494 e. The Kier molecular flexibility index (Phi) is 6.26. The molecule has 0 radical (unpaired) electrons. The van der Waals surface area contributed by atoms with Gasteiger partial charge in [0.25, 0.3) is 0 Å². The number of carbonyl (C=O) groups excluding carboxylic acids is 1. The third kappa shape index (κ3) is 5.20. The molecule has 0 aliphatic heterocycles. The SMILES string of the molecule is CCOc1ccc(-c2cnc(CCC(=O)NC(C)c3ccccc3)o2)cc1. The summed E-state index contributed by atoms with van der Waals surface area (Å²) in [4.78, 5) is 16.5. The molecule has 3 aromatic rings. The number of nitrogens with one attached hydrogen (secondary N) is 1. The van der Waals surface area contributed by atoms with E-state index in [-0.39, 0.29) is 11.9 Å². The van der Waals surface area contributed by atoms with Crippen molar-refractivity contribution in [2.45, 2.75) is 32.7 Å². The third-order valence-electron chi connectivity index (χ3n) is 4.25. The van der Waals surface area contributed by atoms with Crippen LogP contribution in [0.1, 0.15) is 37.8 Å². The molecule has 140 valence electrons. The number of oxazole rings is 1. The molecule has 0 aliphatic carbocycles. The van der Waals surface area contributed by atoms with Crippen molar-refractivity contribution in [1.29, 1.82) is 0 Å². The van der Waals surface area contributed by atoms with Crippen LogP contribution in [0.2, 0.25) is 0 Å². The van der Waals surface area contributed by atoms with Gasteiger partial charge in [-0.2, -0.15) is 0 Å². The van der Waals surface area contributed by atoms with Crippen molar-refractivity contribution in [3.63, 3.8) is 0 Å². The Balaban J connectivity index is 1.52. The Bertz CT molecular complexity index is 857. The van der Waals surface area contributed by atoms with Gasteiger partial charge in [-0.15, -0.1) is 0 Å². The highest BCUT2D eigenvalue weighted by molar-refractivity contribution is 5.76. The molecular formula is C22H24N2O3. The molecule has 1 unspecified atom stereocenters. The van der Waals surface area contributed by atoms with Crippen molar-refractivity contribution in [2.75, 3.05) is 6.61 Å². The van der Waals surface area contributed by atoms with Crippen LogP contribution in [0.4, 0.5) is 0 Å². The summed E-state index contributed by atoms with van der Waals surface area (Å²) in [6.07, 6.45) is 2.49. The van der Waals surface area contributed by atoms with Crippen molar-refractivity contribution in [3.05, 3.63) is 72.2 Å². The van der Waals surface area contributed by atoms with Gasteiger partial charge in [-0.3, -0.25) is 4.79 Å². The highest BCUT2D eigenvalue weighted by Gasteiger charge is 2.12. The fraction of sp³-hybridized carbons (Fsp3) is 0.273. The predicted octanol–water partition coefficient (Wildman–Crippen LogP) is 4.55. The normalized spacial score (nSPS) is 11.8. The second-order valence-corrected chi connectivity index (χ2v) is 6.28. The second kappa shape index (κ2) is 9.03. The van der Waals surface area contributed by atoms with Crippen molar-refractivity contribution in [2.24, 2.45) is 0 Å². The molecule has 5 heteroatoms. The van der Waals surface area contributed by atoms with Gasteiger partial charge in [0.15, 0.2) is 11.7 Å². The Morgan fingerprint density at radius 3 is 2.59 bits per heavy atom. The molecule has 0 saturated heterocycles. The molecule has 1 atom stereocenters. The maximum atomic E-state index is 12.2. The predicted molar refractivity (Wildman–Crippen MR) is 104 cm³/mol. The first-order chi connectivity index (χ1) is 13.2. The van der Waals surface area contributed by atoms with E-state index >= 15 is 0 Å². The van der Waals surface area contributed by atoms with E-state index in [1.807, 2.05) is 68.4 Å². The van der Waals surface area contributed by atoms with Gasteiger partial charge >= 0.3 is 0 Å². The molecule has 1 aromatic heterocycles. The number of aryl methyl sites for hydroxylation is 1. The van der Waals surface area contributed by atoms with E-state index in [1.165, 1.54) is 0 Å². The maximum Gasteiger partial charge on any atom is 0.220 e. The summed E-state index contributed by atoms with van der Waals surface area (Å²) in [6.45, 7) is 4.56. The van der Waals surface area contributed by atoms with Crippen molar-refractivity contribution in [3.8, 4) is 17.1 Å². The molecule has 1 heterocycles. The standard InChI is InChI=1S/C22H24N2O3/c1-3-26-19-11-9-18(10-12-19)20-15-23-22(27-20)14-13-21(25)24-16(2)17-7-5-4-6-8-17/h4-12,15-16H,3,13-14H2,1-2H3,(H,24,25). The zero-order chi connectivity index (χ0) is 19.1. The summed E-state index contributed by atoms with van der Waals surface area (Å²) in [5.41, 5.74) is 2.01.